The zero-order chi connectivity index (χ0) is 29.8. The van der Waals surface area contributed by atoms with Crippen molar-refractivity contribution in [2.45, 2.75) is 0 Å². The number of pyridine rings is 1. The molecule has 0 fully saturated rings. The number of rotatable bonds is 9. The molecule has 0 aliphatic carbocycles. The van der Waals surface area contributed by atoms with Crippen molar-refractivity contribution in [2.75, 3.05) is 36.6 Å². The van der Waals surface area contributed by atoms with E-state index in [1.807, 2.05) is 67.8 Å². The third-order valence-electron chi connectivity index (χ3n) is 6.61. The molecule has 43 heavy (non-hydrogen) atoms. The minimum atomic E-state index is -0.277. The molecule has 2 aromatic carbocycles. The molecule has 6 aromatic rings. The summed E-state index contributed by atoms with van der Waals surface area (Å²) in [5, 5.41) is 9.96. The van der Waals surface area contributed by atoms with E-state index >= 15 is 0 Å². The van der Waals surface area contributed by atoms with Crippen LogP contribution in [0.1, 0.15) is 10.4 Å². The summed E-state index contributed by atoms with van der Waals surface area (Å²) in [7, 11) is 3.86. The number of benzene rings is 2. The molecule has 0 saturated carbocycles. The normalized spacial score (nSPS) is 11.4. The molecule has 11 nitrogen and oxygen atoms in total. The number of likely N-dealkylation sites (N-methyl/N-ethyl adjacent to an activating group) is 1. The van der Waals surface area contributed by atoms with E-state index in [-0.39, 0.29) is 11.8 Å². The van der Waals surface area contributed by atoms with Crippen molar-refractivity contribution in [3.63, 3.8) is 0 Å². The Bertz CT molecular complexity index is 1960. The van der Waals surface area contributed by atoms with Gasteiger partial charge in [0.15, 0.2) is 0 Å². The Morgan fingerprint density at radius 1 is 0.884 bits per heavy atom. The summed E-state index contributed by atoms with van der Waals surface area (Å²) in [4.78, 5) is 47.3. The van der Waals surface area contributed by atoms with Crippen LogP contribution in [-0.2, 0) is 4.79 Å². The van der Waals surface area contributed by atoms with Crippen LogP contribution in [-0.4, -0.2) is 62.3 Å². The second kappa shape index (κ2) is 12.0. The molecule has 214 valence electrons. The third-order valence-corrected chi connectivity index (χ3v) is 6.61. The van der Waals surface area contributed by atoms with Crippen LogP contribution in [0.5, 0.6) is 0 Å². The molecule has 0 atom stereocenters. The van der Waals surface area contributed by atoms with Crippen LogP contribution in [0.2, 0.25) is 0 Å². The fourth-order valence-electron chi connectivity index (χ4n) is 4.55. The average molecular weight is 572 g/mol. The maximum Gasteiger partial charge on any atom is 0.255 e. The lowest BCUT2D eigenvalue weighted by Crippen LogP contribution is -2.13. The zero-order valence-electron chi connectivity index (χ0n) is 23.6. The highest BCUT2D eigenvalue weighted by molar-refractivity contribution is 6.05. The van der Waals surface area contributed by atoms with Crippen LogP contribution in [0.4, 0.5) is 23.0 Å². The summed E-state index contributed by atoms with van der Waals surface area (Å²) in [6, 6.07) is 19.9. The lowest BCUT2D eigenvalue weighted by Gasteiger charge is -2.11. The lowest BCUT2D eigenvalue weighted by atomic mass is 10.1. The second-order valence-corrected chi connectivity index (χ2v) is 10.2. The summed E-state index contributed by atoms with van der Waals surface area (Å²) in [6.07, 6.45) is 8.74. The first kappa shape index (κ1) is 27.4. The highest BCUT2D eigenvalue weighted by Crippen LogP contribution is 2.29. The van der Waals surface area contributed by atoms with Crippen molar-refractivity contribution in [2.24, 2.45) is 0 Å². The number of hydrogen-bond donors (Lipinski definition) is 5. The second-order valence-electron chi connectivity index (χ2n) is 10.2. The number of nitrogens with one attached hydrogen (secondary N) is 5. The van der Waals surface area contributed by atoms with E-state index < -0.39 is 0 Å². The van der Waals surface area contributed by atoms with Gasteiger partial charge in [0.25, 0.3) is 5.91 Å². The number of aromatic nitrogens is 5. The first-order valence-electron chi connectivity index (χ1n) is 13.6. The van der Waals surface area contributed by atoms with Crippen molar-refractivity contribution in [3.8, 4) is 11.3 Å². The van der Waals surface area contributed by atoms with E-state index in [1.165, 1.54) is 6.08 Å². The summed E-state index contributed by atoms with van der Waals surface area (Å²) < 4.78 is 0. The zero-order valence-corrected chi connectivity index (χ0v) is 23.6. The van der Waals surface area contributed by atoms with Crippen molar-refractivity contribution >= 4 is 56.9 Å². The minimum absolute atomic E-state index is 0.228. The molecular formula is C32H29N9O2. The highest BCUT2D eigenvalue weighted by Gasteiger charge is 2.13. The molecule has 11 heteroatoms. The van der Waals surface area contributed by atoms with Crippen molar-refractivity contribution < 1.29 is 9.59 Å². The number of fused-ring (bicyclic) bond motifs is 2. The summed E-state index contributed by atoms with van der Waals surface area (Å²) in [5.74, 6) is -0.0942. The maximum atomic E-state index is 12.9. The standard InChI is InChI=1S/C32H29N9O2/c1-41(2)16-4-7-27(42)36-23-10-8-20(9-11-23)31(43)37-24-5-3-6-25(18-24)38-32-39-26-13-15-33-29(26)28(40-32)22-17-21-12-14-34-30(21)35-19-22/h3-15,17-19,33H,16H2,1-2H3,(H,34,35)(H,36,42)(H,37,43)(H,38,39,40)/b7-4+. The molecule has 2 amide bonds. The number of H-pyrrole nitrogens is 2. The van der Waals surface area contributed by atoms with Gasteiger partial charge in [-0.3, -0.25) is 9.59 Å². The van der Waals surface area contributed by atoms with Gasteiger partial charge < -0.3 is 30.8 Å². The first-order valence-corrected chi connectivity index (χ1v) is 13.6. The SMILES string of the molecule is CN(C)C/C=C/C(=O)Nc1ccc(C(=O)Nc2cccc(Nc3nc(-c4cnc5[nH]ccc5c4)c4[nH]ccc4n3)c2)cc1. The van der Waals surface area contributed by atoms with Crippen molar-refractivity contribution in [3.05, 3.63) is 103 Å². The quantitative estimate of drug-likeness (QED) is 0.143. The number of amides is 2. The average Bonchev–Trinajstić information content (AvgIpc) is 3.66. The molecular weight excluding hydrogens is 542 g/mol. The topological polar surface area (TPSA) is 144 Å². The lowest BCUT2D eigenvalue weighted by molar-refractivity contribution is -0.111. The highest BCUT2D eigenvalue weighted by atomic mass is 16.2. The van der Waals surface area contributed by atoms with Crippen LogP contribution in [0.25, 0.3) is 33.3 Å². The molecule has 0 bridgehead atoms. The number of nitrogens with zero attached hydrogens (tertiary/aromatic N) is 4. The largest absolute Gasteiger partial charge is 0.358 e. The number of hydrogen-bond acceptors (Lipinski definition) is 7. The fraction of sp³-hybridized carbons (Fsp3) is 0.0938. The van der Waals surface area contributed by atoms with E-state index in [9.17, 15) is 9.59 Å². The molecule has 6 rings (SSSR count). The molecule has 0 spiro atoms. The molecule has 4 aromatic heterocycles. The Morgan fingerprint density at radius 3 is 2.53 bits per heavy atom. The van der Waals surface area contributed by atoms with Gasteiger partial charge in [0, 0.05) is 64.8 Å². The summed E-state index contributed by atoms with van der Waals surface area (Å²) in [6.45, 7) is 0.669. The number of aromatic amines is 2. The summed E-state index contributed by atoms with van der Waals surface area (Å²) >= 11 is 0. The van der Waals surface area contributed by atoms with Gasteiger partial charge in [-0.25, -0.2) is 15.0 Å². The molecule has 0 aliphatic rings. The Labute approximate surface area is 247 Å². The number of carbonyl (C=O) groups excluding carboxylic acids is 2. The predicted molar refractivity (Wildman–Crippen MR) is 169 cm³/mol. The monoisotopic (exact) mass is 571 g/mol. The molecule has 0 aliphatic heterocycles. The van der Waals surface area contributed by atoms with Crippen LogP contribution in [0.15, 0.2) is 97.5 Å². The van der Waals surface area contributed by atoms with Gasteiger partial charge in [-0.05, 0) is 74.8 Å². The van der Waals surface area contributed by atoms with E-state index in [0.717, 1.165) is 33.3 Å². The predicted octanol–water partition coefficient (Wildman–Crippen LogP) is 5.55. The Kier molecular flexibility index (Phi) is 7.62. The summed E-state index contributed by atoms with van der Waals surface area (Å²) in [5.41, 5.74) is 6.33. The van der Waals surface area contributed by atoms with Crippen LogP contribution in [0.3, 0.4) is 0 Å². The van der Waals surface area contributed by atoms with Gasteiger partial charge in [0.1, 0.15) is 11.3 Å². The van der Waals surface area contributed by atoms with Crippen molar-refractivity contribution in [1.82, 2.24) is 29.8 Å². The third kappa shape index (κ3) is 6.42. The number of anilines is 4. The van der Waals surface area contributed by atoms with E-state index in [4.69, 9.17) is 4.98 Å². The van der Waals surface area contributed by atoms with Crippen LogP contribution >= 0.6 is 0 Å². The van der Waals surface area contributed by atoms with Gasteiger partial charge in [0.05, 0.1) is 11.0 Å². The van der Waals surface area contributed by atoms with Crippen molar-refractivity contribution in [1.29, 1.82) is 0 Å². The fourth-order valence-corrected chi connectivity index (χ4v) is 4.55. The smallest absolute Gasteiger partial charge is 0.255 e. The minimum Gasteiger partial charge on any atom is -0.358 e. The van der Waals surface area contributed by atoms with Gasteiger partial charge in [-0.1, -0.05) is 12.1 Å². The molecule has 0 saturated heterocycles. The molecule has 4 heterocycles. The molecule has 5 N–H and O–H groups in total. The first-order chi connectivity index (χ1) is 20.9. The Hall–Kier alpha value is -5.81. The van der Waals surface area contributed by atoms with Gasteiger partial charge in [-0.15, -0.1) is 0 Å². The van der Waals surface area contributed by atoms with E-state index in [1.54, 1.807) is 42.6 Å². The number of carbonyl (C=O) groups is 2. The van der Waals surface area contributed by atoms with Crippen LogP contribution < -0.4 is 16.0 Å². The maximum absolute atomic E-state index is 12.9. The van der Waals surface area contributed by atoms with E-state index in [2.05, 4.69) is 35.9 Å². The van der Waals surface area contributed by atoms with Gasteiger partial charge in [0.2, 0.25) is 11.9 Å². The Balaban J connectivity index is 1.15. The van der Waals surface area contributed by atoms with E-state index in [0.29, 0.717) is 35.1 Å². The molecule has 0 radical (unpaired) electrons. The molecule has 0 unspecified atom stereocenters. The van der Waals surface area contributed by atoms with Gasteiger partial charge in [-0.2, -0.15) is 0 Å². The Morgan fingerprint density at radius 2 is 1.70 bits per heavy atom. The van der Waals surface area contributed by atoms with Crippen LogP contribution in [0, 0.1) is 0 Å². The van der Waals surface area contributed by atoms with Gasteiger partial charge >= 0.3 is 0 Å².